The van der Waals surface area contributed by atoms with Gasteiger partial charge in [0.25, 0.3) is 0 Å². The lowest BCUT2D eigenvalue weighted by molar-refractivity contribution is -0.115. The van der Waals surface area contributed by atoms with Gasteiger partial charge in [-0.05, 0) is 42.5 Å². The van der Waals surface area contributed by atoms with Crippen molar-refractivity contribution < 1.29 is 14.3 Å². The van der Waals surface area contributed by atoms with Crippen LogP contribution in [0.5, 0.6) is 5.75 Å². The van der Waals surface area contributed by atoms with Crippen molar-refractivity contribution in [2.75, 3.05) is 23.8 Å². The number of rotatable bonds is 8. The minimum absolute atomic E-state index is 0.000693. The fourth-order valence-electron chi connectivity index (χ4n) is 5.04. The molecule has 1 unspecified atom stereocenters. The smallest absolute Gasteiger partial charge is 0.228 e. The molecule has 8 heteroatoms. The van der Waals surface area contributed by atoms with Crippen molar-refractivity contribution in [3.8, 4) is 16.9 Å². The molecular formula is C30H31N5O3. The lowest BCUT2D eigenvalue weighted by atomic mass is 10.1. The van der Waals surface area contributed by atoms with E-state index in [1.165, 1.54) is 0 Å². The quantitative estimate of drug-likeness (QED) is 0.332. The summed E-state index contributed by atoms with van der Waals surface area (Å²) in [5.74, 6) is 1.66. The molecule has 1 fully saturated rings. The number of hydrogen-bond donors (Lipinski definition) is 2. The number of benzene rings is 2. The van der Waals surface area contributed by atoms with Crippen LogP contribution in [0.3, 0.4) is 0 Å². The predicted molar refractivity (Wildman–Crippen MR) is 146 cm³/mol. The Balaban J connectivity index is 1.13. The summed E-state index contributed by atoms with van der Waals surface area (Å²) in [6.45, 7) is 1.99. The SMILES string of the molecule is O=C(Cc1ccccc1)Nc1cccc(CNc2ncc(-c3cnn(C4CCCCO4)c3)c3c2CCO3)c1. The molecule has 6 rings (SSSR count). The maximum Gasteiger partial charge on any atom is 0.228 e. The standard InChI is InChI=1S/C30H31N5O3/c36-27(16-21-7-2-1-3-8-21)34-24-10-6-9-22(15-24)17-31-30-25-12-14-38-29(25)26(19-32-30)23-18-33-35(20-23)28-11-4-5-13-37-28/h1-3,6-10,15,18-20,28H,4-5,11-14,16-17H2,(H,31,32)(H,34,36). The Kier molecular flexibility index (Phi) is 7.04. The van der Waals surface area contributed by atoms with Crippen LogP contribution in [0.1, 0.15) is 42.2 Å². The van der Waals surface area contributed by atoms with Gasteiger partial charge in [0.05, 0.1) is 19.2 Å². The average molecular weight is 510 g/mol. The van der Waals surface area contributed by atoms with Crippen molar-refractivity contribution in [2.45, 2.75) is 44.9 Å². The molecule has 38 heavy (non-hydrogen) atoms. The van der Waals surface area contributed by atoms with E-state index in [0.29, 0.717) is 19.6 Å². The van der Waals surface area contributed by atoms with Crippen molar-refractivity contribution >= 4 is 17.4 Å². The third kappa shape index (κ3) is 5.40. The molecule has 0 aliphatic carbocycles. The molecule has 1 saturated heterocycles. The summed E-state index contributed by atoms with van der Waals surface area (Å²) >= 11 is 0. The molecule has 8 nitrogen and oxygen atoms in total. The van der Waals surface area contributed by atoms with E-state index in [1.54, 1.807) is 0 Å². The molecule has 0 saturated carbocycles. The monoisotopic (exact) mass is 509 g/mol. The third-order valence-corrected chi connectivity index (χ3v) is 6.97. The highest BCUT2D eigenvalue weighted by molar-refractivity contribution is 5.92. The zero-order valence-electron chi connectivity index (χ0n) is 21.2. The minimum atomic E-state index is -0.0353. The number of carbonyl (C=O) groups excluding carboxylic acids is 1. The number of fused-ring (bicyclic) bond motifs is 1. The van der Waals surface area contributed by atoms with Gasteiger partial charge in [-0.2, -0.15) is 5.10 Å². The van der Waals surface area contributed by atoms with Gasteiger partial charge in [-0.1, -0.05) is 42.5 Å². The van der Waals surface area contributed by atoms with Gasteiger partial charge in [0, 0.05) is 54.3 Å². The Morgan fingerprint density at radius 3 is 2.79 bits per heavy atom. The highest BCUT2D eigenvalue weighted by Gasteiger charge is 2.24. The summed E-state index contributed by atoms with van der Waals surface area (Å²) in [5.41, 5.74) is 5.83. The van der Waals surface area contributed by atoms with Gasteiger partial charge >= 0.3 is 0 Å². The fraction of sp³-hybridized carbons (Fsp3) is 0.300. The van der Waals surface area contributed by atoms with Crippen LogP contribution < -0.4 is 15.4 Å². The number of nitrogens with one attached hydrogen (secondary N) is 2. The number of ether oxygens (including phenoxy) is 2. The summed E-state index contributed by atoms with van der Waals surface area (Å²) in [5, 5.41) is 11.0. The lowest BCUT2D eigenvalue weighted by Gasteiger charge is -2.22. The van der Waals surface area contributed by atoms with E-state index in [-0.39, 0.29) is 12.1 Å². The van der Waals surface area contributed by atoms with Crippen molar-refractivity contribution in [1.29, 1.82) is 0 Å². The van der Waals surface area contributed by atoms with E-state index in [4.69, 9.17) is 14.5 Å². The Hall–Kier alpha value is -4.17. The lowest BCUT2D eigenvalue weighted by Crippen LogP contribution is -2.18. The van der Waals surface area contributed by atoms with Gasteiger partial charge in [-0.3, -0.25) is 4.79 Å². The molecule has 2 aromatic heterocycles. The molecule has 2 aliphatic rings. The number of amides is 1. The maximum atomic E-state index is 12.5. The molecule has 4 aromatic rings. The van der Waals surface area contributed by atoms with Gasteiger partial charge in [0.15, 0.2) is 0 Å². The molecule has 0 radical (unpaired) electrons. The van der Waals surface area contributed by atoms with E-state index in [2.05, 4.69) is 15.7 Å². The van der Waals surface area contributed by atoms with Crippen molar-refractivity contribution in [1.82, 2.24) is 14.8 Å². The topological polar surface area (TPSA) is 90.3 Å². The van der Waals surface area contributed by atoms with Gasteiger partial charge < -0.3 is 20.1 Å². The first-order valence-electron chi connectivity index (χ1n) is 13.2. The number of pyridine rings is 1. The largest absolute Gasteiger partial charge is 0.492 e. The summed E-state index contributed by atoms with van der Waals surface area (Å²) < 4.78 is 13.8. The van der Waals surface area contributed by atoms with Crippen LogP contribution in [0.2, 0.25) is 0 Å². The molecule has 194 valence electrons. The maximum absolute atomic E-state index is 12.5. The van der Waals surface area contributed by atoms with Crippen LogP contribution in [-0.2, 0) is 28.9 Å². The Labute approximate surface area is 222 Å². The van der Waals surface area contributed by atoms with E-state index in [0.717, 1.165) is 77.4 Å². The molecule has 1 atom stereocenters. The highest BCUT2D eigenvalue weighted by atomic mass is 16.5. The number of anilines is 2. The van der Waals surface area contributed by atoms with Crippen LogP contribution in [-0.4, -0.2) is 33.9 Å². The van der Waals surface area contributed by atoms with E-state index < -0.39 is 0 Å². The van der Waals surface area contributed by atoms with Crippen LogP contribution in [0.25, 0.3) is 11.1 Å². The minimum Gasteiger partial charge on any atom is -0.492 e. The first-order chi connectivity index (χ1) is 18.7. The highest BCUT2D eigenvalue weighted by Crippen LogP contribution is 2.40. The molecule has 0 bridgehead atoms. The van der Waals surface area contributed by atoms with E-state index >= 15 is 0 Å². The van der Waals surface area contributed by atoms with Crippen LogP contribution in [0.4, 0.5) is 11.5 Å². The van der Waals surface area contributed by atoms with Crippen molar-refractivity contribution in [2.24, 2.45) is 0 Å². The average Bonchev–Trinajstić information content (AvgIpc) is 3.64. The van der Waals surface area contributed by atoms with Crippen molar-refractivity contribution in [3.63, 3.8) is 0 Å². The second kappa shape index (κ2) is 11.1. The van der Waals surface area contributed by atoms with Gasteiger partial charge in [0.1, 0.15) is 17.8 Å². The first-order valence-corrected chi connectivity index (χ1v) is 13.2. The molecular weight excluding hydrogens is 478 g/mol. The Morgan fingerprint density at radius 1 is 1.03 bits per heavy atom. The summed E-state index contributed by atoms with van der Waals surface area (Å²) in [7, 11) is 0. The summed E-state index contributed by atoms with van der Waals surface area (Å²) in [4.78, 5) is 17.2. The van der Waals surface area contributed by atoms with Gasteiger partial charge in [-0.25, -0.2) is 9.67 Å². The molecule has 2 N–H and O–H groups in total. The number of hydrogen-bond acceptors (Lipinski definition) is 6. The molecule has 4 heterocycles. The van der Waals surface area contributed by atoms with Gasteiger partial charge in [0.2, 0.25) is 5.91 Å². The van der Waals surface area contributed by atoms with Crippen LogP contribution in [0, 0.1) is 0 Å². The second-order valence-corrected chi connectivity index (χ2v) is 9.72. The normalized spacial score (nSPS) is 16.5. The Morgan fingerprint density at radius 2 is 1.92 bits per heavy atom. The molecule has 1 amide bonds. The summed E-state index contributed by atoms with van der Waals surface area (Å²) in [6.07, 6.45) is 10.1. The summed E-state index contributed by atoms with van der Waals surface area (Å²) in [6, 6.07) is 17.6. The zero-order chi connectivity index (χ0) is 25.7. The predicted octanol–water partition coefficient (Wildman–Crippen LogP) is 5.37. The Bertz CT molecular complexity index is 1410. The van der Waals surface area contributed by atoms with Gasteiger partial charge in [-0.15, -0.1) is 0 Å². The zero-order valence-corrected chi connectivity index (χ0v) is 21.2. The molecule has 2 aromatic carbocycles. The number of aromatic nitrogens is 3. The molecule has 2 aliphatic heterocycles. The van der Waals surface area contributed by atoms with Crippen LogP contribution in [0.15, 0.2) is 73.2 Å². The second-order valence-electron chi connectivity index (χ2n) is 9.72. The number of nitrogens with zero attached hydrogens (tertiary/aromatic N) is 3. The molecule has 0 spiro atoms. The third-order valence-electron chi connectivity index (χ3n) is 6.97. The fourth-order valence-corrected chi connectivity index (χ4v) is 5.04. The number of carbonyl (C=O) groups is 1. The van der Waals surface area contributed by atoms with E-state index in [9.17, 15) is 4.79 Å². The van der Waals surface area contributed by atoms with Crippen LogP contribution >= 0.6 is 0 Å². The van der Waals surface area contributed by atoms with E-state index in [1.807, 2.05) is 77.9 Å². The first kappa shape index (κ1) is 24.2. The van der Waals surface area contributed by atoms with Crippen molar-refractivity contribution in [3.05, 3.63) is 89.9 Å².